The molecule has 1 unspecified atom stereocenters. The number of carbonyl (C=O) groups is 1. The van der Waals surface area contributed by atoms with E-state index in [0.717, 1.165) is 6.26 Å². The van der Waals surface area contributed by atoms with Crippen LogP contribution in [0.1, 0.15) is 24.3 Å². The molecule has 1 aromatic carbocycles. The average Bonchev–Trinajstić information content (AvgIpc) is 2.23. The number of rotatable bonds is 6. The molecule has 0 bridgehead atoms. The van der Waals surface area contributed by atoms with Gasteiger partial charge in [-0.3, -0.25) is 4.79 Å². The van der Waals surface area contributed by atoms with Gasteiger partial charge < -0.3 is 5.11 Å². The van der Waals surface area contributed by atoms with Gasteiger partial charge in [-0.25, -0.2) is 8.42 Å². The molecule has 0 saturated heterocycles. The highest BCUT2D eigenvalue weighted by Crippen LogP contribution is 2.21. The van der Waals surface area contributed by atoms with Crippen LogP contribution in [-0.4, -0.2) is 31.5 Å². The van der Waals surface area contributed by atoms with Crippen LogP contribution >= 0.6 is 0 Å². The predicted octanol–water partition coefficient (Wildman–Crippen LogP) is 1.68. The summed E-state index contributed by atoms with van der Waals surface area (Å²) in [5.74, 6) is -1.51. The number of hydrogen-bond donors (Lipinski definition) is 1. The molecule has 4 nitrogen and oxygen atoms in total. The molecule has 0 amide bonds. The van der Waals surface area contributed by atoms with Gasteiger partial charge in [-0.2, -0.15) is 0 Å². The lowest BCUT2D eigenvalue weighted by atomic mass is 9.95. The lowest BCUT2D eigenvalue weighted by Gasteiger charge is -2.11. The minimum Gasteiger partial charge on any atom is -0.481 e. The molecule has 0 aliphatic rings. The van der Waals surface area contributed by atoms with Gasteiger partial charge in [0, 0.05) is 12.0 Å². The molecule has 0 aliphatic carbocycles. The molecule has 0 heterocycles. The number of carboxylic acids is 1. The third-order valence-electron chi connectivity index (χ3n) is 2.51. The Morgan fingerprint density at radius 1 is 1.29 bits per heavy atom. The standard InChI is InChI=1S/C12H16O4S/c1-17(15,16)9-5-8-11(12(13)14)10-6-3-2-4-7-10/h2-4,6-7,11H,5,8-9H2,1H3,(H,13,14). The van der Waals surface area contributed by atoms with Crippen molar-refractivity contribution in [3.05, 3.63) is 35.9 Å². The molecule has 1 N–H and O–H groups in total. The third-order valence-corrected chi connectivity index (χ3v) is 3.54. The molecule has 94 valence electrons. The van der Waals surface area contributed by atoms with E-state index in [1.165, 1.54) is 0 Å². The zero-order chi connectivity index (χ0) is 12.9. The van der Waals surface area contributed by atoms with E-state index in [-0.39, 0.29) is 5.75 Å². The first kappa shape index (κ1) is 13.7. The van der Waals surface area contributed by atoms with E-state index in [1.54, 1.807) is 24.3 Å². The summed E-state index contributed by atoms with van der Waals surface area (Å²) in [6.07, 6.45) is 1.86. The van der Waals surface area contributed by atoms with E-state index in [4.69, 9.17) is 5.11 Å². The number of aliphatic carboxylic acids is 1. The first-order chi connectivity index (χ1) is 7.90. The largest absolute Gasteiger partial charge is 0.481 e. The van der Waals surface area contributed by atoms with Gasteiger partial charge in [0.25, 0.3) is 0 Å². The first-order valence-corrected chi connectivity index (χ1v) is 7.41. The van der Waals surface area contributed by atoms with Gasteiger partial charge >= 0.3 is 5.97 Å². The van der Waals surface area contributed by atoms with E-state index in [0.29, 0.717) is 18.4 Å². The van der Waals surface area contributed by atoms with Crippen LogP contribution in [0, 0.1) is 0 Å². The van der Waals surface area contributed by atoms with Crippen molar-refractivity contribution in [1.82, 2.24) is 0 Å². The van der Waals surface area contributed by atoms with Crippen molar-refractivity contribution in [1.29, 1.82) is 0 Å². The molecule has 17 heavy (non-hydrogen) atoms. The Labute approximate surface area is 101 Å². The lowest BCUT2D eigenvalue weighted by molar-refractivity contribution is -0.139. The van der Waals surface area contributed by atoms with E-state index in [1.807, 2.05) is 6.07 Å². The molecular weight excluding hydrogens is 240 g/mol. The van der Waals surface area contributed by atoms with Gasteiger partial charge in [0.05, 0.1) is 5.92 Å². The van der Waals surface area contributed by atoms with Crippen LogP contribution in [0.25, 0.3) is 0 Å². The zero-order valence-corrected chi connectivity index (χ0v) is 10.5. The highest BCUT2D eigenvalue weighted by molar-refractivity contribution is 7.90. The maximum atomic E-state index is 11.1. The Bertz CT molecular complexity index is 465. The molecule has 1 atom stereocenters. The Balaban J connectivity index is 2.66. The predicted molar refractivity (Wildman–Crippen MR) is 65.8 cm³/mol. The molecule has 0 aliphatic heterocycles. The third kappa shape index (κ3) is 4.99. The Hall–Kier alpha value is -1.36. The fourth-order valence-electron chi connectivity index (χ4n) is 1.67. The SMILES string of the molecule is CS(=O)(=O)CCCC(C(=O)O)c1ccccc1. The second-order valence-corrected chi connectivity index (χ2v) is 6.33. The van der Waals surface area contributed by atoms with Gasteiger partial charge in [0.15, 0.2) is 0 Å². The summed E-state index contributed by atoms with van der Waals surface area (Å²) in [7, 11) is -3.02. The van der Waals surface area contributed by atoms with Crippen LogP contribution < -0.4 is 0 Å². The van der Waals surface area contributed by atoms with Crippen LogP contribution in [0.4, 0.5) is 0 Å². The van der Waals surface area contributed by atoms with E-state index in [9.17, 15) is 13.2 Å². The Morgan fingerprint density at radius 2 is 1.88 bits per heavy atom. The fraction of sp³-hybridized carbons (Fsp3) is 0.417. The highest BCUT2D eigenvalue weighted by Gasteiger charge is 2.19. The molecule has 1 rings (SSSR count). The topological polar surface area (TPSA) is 71.4 Å². The molecule has 5 heteroatoms. The number of sulfone groups is 1. The second kappa shape index (κ2) is 5.82. The Kier molecular flexibility index (Phi) is 4.69. The molecule has 0 aromatic heterocycles. The van der Waals surface area contributed by atoms with Gasteiger partial charge in [-0.05, 0) is 18.4 Å². The maximum Gasteiger partial charge on any atom is 0.310 e. The molecule has 0 radical (unpaired) electrons. The van der Waals surface area contributed by atoms with E-state index >= 15 is 0 Å². The smallest absolute Gasteiger partial charge is 0.310 e. The quantitative estimate of drug-likeness (QED) is 0.840. The molecular formula is C12H16O4S. The minimum atomic E-state index is -3.02. The van der Waals surface area contributed by atoms with Crippen molar-refractivity contribution < 1.29 is 18.3 Å². The monoisotopic (exact) mass is 256 g/mol. The molecule has 0 saturated carbocycles. The van der Waals surface area contributed by atoms with Crippen LogP contribution in [0.15, 0.2) is 30.3 Å². The summed E-state index contributed by atoms with van der Waals surface area (Å²) in [6.45, 7) is 0. The lowest BCUT2D eigenvalue weighted by Crippen LogP contribution is -2.13. The van der Waals surface area contributed by atoms with Gasteiger partial charge in [-0.1, -0.05) is 30.3 Å². The van der Waals surface area contributed by atoms with Crippen LogP contribution in [-0.2, 0) is 14.6 Å². The van der Waals surface area contributed by atoms with Gasteiger partial charge in [0.2, 0.25) is 0 Å². The molecule has 1 aromatic rings. The van der Waals surface area contributed by atoms with Crippen molar-refractivity contribution in [3.8, 4) is 0 Å². The summed E-state index contributed by atoms with van der Waals surface area (Å²) in [5.41, 5.74) is 0.716. The summed E-state index contributed by atoms with van der Waals surface area (Å²) in [4.78, 5) is 11.1. The van der Waals surface area contributed by atoms with Crippen LogP contribution in [0.3, 0.4) is 0 Å². The fourth-order valence-corrected chi connectivity index (χ4v) is 2.36. The maximum absolute atomic E-state index is 11.1. The van der Waals surface area contributed by atoms with Crippen LogP contribution in [0.2, 0.25) is 0 Å². The van der Waals surface area contributed by atoms with Crippen molar-refractivity contribution in [2.24, 2.45) is 0 Å². The Morgan fingerprint density at radius 3 is 2.35 bits per heavy atom. The summed E-state index contributed by atoms with van der Waals surface area (Å²) < 4.78 is 21.9. The van der Waals surface area contributed by atoms with Crippen molar-refractivity contribution in [2.45, 2.75) is 18.8 Å². The van der Waals surface area contributed by atoms with Crippen molar-refractivity contribution >= 4 is 15.8 Å². The summed E-state index contributed by atoms with van der Waals surface area (Å²) in [6, 6.07) is 8.88. The number of hydrogen-bond acceptors (Lipinski definition) is 3. The molecule has 0 fully saturated rings. The number of carboxylic acid groups (broad SMARTS) is 1. The average molecular weight is 256 g/mol. The summed E-state index contributed by atoms with van der Waals surface area (Å²) in [5, 5.41) is 9.11. The van der Waals surface area contributed by atoms with E-state index in [2.05, 4.69) is 0 Å². The molecule has 0 spiro atoms. The van der Waals surface area contributed by atoms with Crippen molar-refractivity contribution in [3.63, 3.8) is 0 Å². The highest BCUT2D eigenvalue weighted by atomic mass is 32.2. The normalized spacial score (nSPS) is 13.2. The first-order valence-electron chi connectivity index (χ1n) is 5.35. The zero-order valence-electron chi connectivity index (χ0n) is 9.67. The number of benzene rings is 1. The minimum absolute atomic E-state index is 0.0314. The van der Waals surface area contributed by atoms with Crippen LogP contribution in [0.5, 0.6) is 0 Å². The summed E-state index contributed by atoms with van der Waals surface area (Å²) >= 11 is 0. The van der Waals surface area contributed by atoms with E-state index < -0.39 is 21.7 Å². The van der Waals surface area contributed by atoms with Gasteiger partial charge in [0.1, 0.15) is 9.84 Å². The van der Waals surface area contributed by atoms with Crippen molar-refractivity contribution in [2.75, 3.05) is 12.0 Å². The van der Waals surface area contributed by atoms with Gasteiger partial charge in [-0.15, -0.1) is 0 Å². The second-order valence-electron chi connectivity index (χ2n) is 4.07.